The fraction of sp³-hybridized carbons (Fsp3) is 0.0833. The molecule has 1 aromatic heterocycles. The molecule has 2 N–H and O–H groups in total. The first-order chi connectivity index (χ1) is 16.8. The van der Waals surface area contributed by atoms with E-state index in [9.17, 15) is 13.2 Å². The van der Waals surface area contributed by atoms with E-state index in [0.717, 1.165) is 0 Å². The first kappa shape index (κ1) is 24.5. The van der Waals surface area contributed by atoms with Gasteiger partial charge in [-0.15, -0.1) is 11.3 Å². The molecule has 0 saturated carbocycles. The van der Waals surface area contributed by atoms with E-state index >= 15 is 0 Å². The van der Waals surface area contributed by atoms with Crippen LogP contribution in [-0.2, 0) is 10.0 Å². The maximum absolute atomic E-state index is 12.9. The summed E-state index contributed by atoms with van der Waals surface area (Å²) in [5, 5.41) is 5.29. The van der Waals surface area contributed by atoms with Gasteiger partial charge in [0, 0.05) is 21.5 Å². The second-order valence-corrected chi connectivity index (χ2v) is 10.1. The minimum absolute atomic E-state index is 0.0813. The number of hydrogen-bond donors (Lipinski definition) is 2. The van der Waals surface area contributed by atoms with Gasteiger partial charge in [0.15, 0.2) is 16.6 Å². The molecule has 180 valence electrons. The molecule has 0 saturated heterocycles. The van der Waals surface area contributed by atoms with E-state index < -0.39 is 10.0 Å². The molecule has 0 fully saturated rings. The third-order valence-electron chi connectivity index (χ3n) is 4.94. The number of nitrogens with zero attached hydrogens (tertiary/aromatic N) is 1. The van der Waals surface area contributed by atoms with Gasteiger partial charge in [0.25, 0.3) is 15.9 Å². The third-order valence-corrected chi connectivity index (χ3v) is 7.33. The van der Waals surface area contributed by atoms with Crippen LogP contribution in [-0.4, -0.2) is 33.5 Å². The van der Waals surface area contributed by atoms with Crippen LogP contribution in [0.15, 0.2) is 77.0 Å². The number of methoxy groups -OCH3 is 2. The molecule has 0 spiro atoms. The van der Waals surface area contributed by atoms with E-state index in [4.69, 9.17) is 21.1 Å². The molecule has 0 radical (unpaired) electrons. The first-order valence-corrected chi connectivity index (χ1v) is 12.9. The molecule has 1 amide bonds. The SMILES string of the molecule is COc1ccc(C(=O)Nc2nc(-c3ccccc3NS(=O)(=O)c3ccc(Cl)cc3)cs2)cc1OC. The number of carbonyl (C=O) groups excluding carboxylic acids is 1. The predicted octanol–water partition coefficient (Wildman–Crippen LogP) is 5.53. The molecule has 0 bridgehead atoms. The topological polar surface area (TPSA) is 107 Å². The Morgan fingerprint density at radius 3 is 2.40 bits per heavy atom. The Kier molecular flexibility index (Phi) is 7.25. The van der Waals surface area contributed by atoms with Crippen LogP contribution in [0.25, 0.3) is 11.3 Å². The molecule has 0 aliphatic heterocycles. The summed E-state index contributed by atoms with van der Waals surface area (Å²) in [6, 6.07) is 17.6. The van der Waals surface area contributed by atoms with Crippen LogP contribution in [0.2, 0.25) is 5.02 Å². The standard InChI is InChI=1S/C24H20ClN3O5S2/c1-32-21-12-7-15(13-22(21)33-2)23(29)27-24-26-20(14-34-24)18-5-3-4-6-19(18)28-35(30,31)17-10-8-16(25)9-11-17/h3-14,28H,1-2H3,(H,26,27,29). The highest BCUT2D eigenvalue weighted by Crippen LogP contribution is 2.33. The van der Waals surface area contributed by atoms with Gasteiger partial charge in [-0.1, -0.05) is 29.8 Å². The zero-order valence-electron chi connectivity index (χ0n) is 18.6. The lowest BCUT2D eigenvalue weighted by atomic mass is 10.1. The smallest absolute Gasteiger partial charge is 0.261 e. The zero-order valence-corrected chi connectivity index (χ0v) is 21.0. The molecule has 8 nitrogen and oxygen atoms in total. The van der Waals surface area contributed by atoms with Crippen LogP contribution in [0.1, 0.15) is 10.4 Å². The predicted molar refractivity (Wildman–Crippen MR) is 137 cm³/mol. The molecular weight excluding hydrogens is 510 g/mol. The average Bonchev–Trinajstić information content (AvgIpc) is 3.32. The number of thiazole rings is 1. The van der Waals surface area contributed by atoms with Crippen molar-refractivity contribution >= 4 is 49.7 Å². The summed E-state index contributed by atoms with van der Waals surface area (Å²) in [5.41, 5.74) is 1.79. The number of aromatic nitrogens is 1. The molecule has 4 rings (SSSR count). The number of hydrogen-bond acceptors (Lipinski definition) is 7. The number of benzene rings is 3. The minimum atomic E-state index is -3.85. The van der Waals surface area contributed by atoms with Crippen LogP contribution < -0.4 is 19.5 Å². The zero-order chi connectivity index (χ0) is 25.0. The normalized spacial score (nSPS) is 11.1. The van der Waals surface area contributed by atoms with Gasteiger partial charge in [0.05, 0.1) is 30.5 Å². The van der Waals surface area contributed by atoms with Crippen molar-refractivity contribution in [3.05, 3.63) is 82.7 Å². The number of rotatable bonds is 8. The molecule has 11 heteroatoms. The maximum atomic E-state index is 12.9. The lowest BCUT2D eigenvalue weighted by Crippen LogP contribution is -2.13. The third kappa shape index (κ3) is 5.56. The van der Waals surface area contributed by atoms with E-state index in [2.05, 4.69) is 15.0 Å². The number of carbonyl (C=O) groups is 1. The van der Waals surface area contributed by atoms with E-state index in [-0.39, 0.29) is 10.8 Å². The van der Waals surface area contributed by atoms with Crippen molar-refractivity contribution in [1.29, 1.82) is 0 Å². The number of amides is 1. The van der Waals surface area contributed by atoms with Crippen molar-refractivity contribution in [2.75, 3.05) is 24.3 Å². The van der Waals surface area contributed by atoms with Crippen LogP contribution in [0.5, 0.6) is 11.5 Å². The molecule has 35 heavy (non-hydrogen) atoms. The van der Waals surface area contributed by atoms with E-state index in [1.165, 1.54) is 49.8 Å². The molecule has 3 aromatic carbocycles. The Labute approximate surface area is 211 Å². The van der Waals surface area contributed by atoms with Crippen molar-refractivity contribution in [3.63, 3.8) is 0 Å². The molecule has 0 aliphatic rings. The number of halogens is 1. The summed E-state index contributed by atoms with van der Waals surface area (Å²) < 4.78 is 38.8. The van der Waals surface area contributed by atoms with Gasteiger partial charge in [-0.3, -0.25) is 14.8 Å². The number of nitrogens with one attached hydrogen (secondary N) is 2. The van der Waals surface area contributed by atoms with Crippen molar-refractivity contribution in [3.8, 4) is 22.8 Å². The highest BCUT2D eigenvalue weighted by molar-refractivity contribution is 7.92. The summed E-state index contributed by atoms with van der Waals surface area (Å²) in [5.74, 6) is 0.573. The van der Waals surface area contributed by atoms with Crippen molar-refractivity contribution in [2.45, 2.75) is 4.90 Å². The fourth-order valence-corrected chi connectivity index (χ4v) is 5.13. The number of ether oxygens (including phenoxy) is 2. The molecule has 4 aromatic rings. The highest BCUT2D eigenvalue weighted by atomic mass is 35.5. The number of anilines is 2. The lowest BCUT2D eigenvalue weighted by molar-refractivity contribution is 0.102. The molecule has 1 heterocycles. The number of para-hydroxylation sites is 1. The fourth-order valence-electron chi connectivity index (χ4n) is 3.21. The Morgan fingerprint density at radius 1 is 0.971 bits per heavy atom. The van der Waals surface area contributed by atoms with Gasteiger partial charge < -0.3 is 9.47 Å². The van der Waals surface area contributed by atoms with Crippen LogP contribution in [0, 0.1) is 0 Å². The second kappa shape index (κ2) is 10.3. The van der Waals surface area contributed by atoms with Gasteiger partial charge in [0.2, 0.25) is 0 Å². The van der Waals surface area contributed by atoms with Crippen molar-refractivity contribution < 1.29 is 22.7 Å². The van der Waals surface area contributed by atoms with Crippen LogP contribution in [0.4, 0.5) is 10.8 Å². The average molecular weight is 530 g/mol. The maximum Gasteiger partial charge on any atom is 0.261 e. The Hall–Kier alpha value is -3.60. The lowest BCUT2D eigenvalue weighted by Gasteiger charge is -2.11. The van der Waals surface area contributed by atoms with Crippen LogP contribution in [0.3, 0.4) is 0 Å². The van der Waals surface area contributed by atoms with Gasteiger partial charge in [-0.2, -0.15) is 0 Å². The Bertz CT molecular complexity index is 1470. The summed E-state index contributed by atoms with van der Waals surface area (Å²) in [6.45, 7) is 0. The second-order valence-electron chi connectivity index (χ2n) is 7.17. The first-order valence-electron chi connectivity index (χ1n) is 10.2. The van der Waals surface area contributed by atoms with Crippen molar-refractivity contribution in [2.24, 2.45) is 0 Å². The summed E-state index contributed by atoms with van der Waals surface area (Å²) in [6.07, 6.45) is 0. The van der Waals surface area contributed by atoms with E-state index in [1.807, 2.05) is 0 Å². The highest BCUT2D eigenvalue weighted by Gasteiger charge is 2.18. The molecule has 0 unspecified atom stereocenters. The largest absolute Gasteiger partial charge is 0.493 e. The van der Waals surface area contributed by atoms with Gasteiger partial charge >= 0.3 is 0 Å². The molecule has 0 atom stereocenters. The summed E-state index contributed by atoms with van der Waals surface area (Å²) in [4.78, 5) is 17.3. The van der Waals surface area contributed by atoms with Gasteiger partial charge in [-0.25, -0.2) is 13.4 Å². The van der Waals surface area contributed by atoms with Crippen LogP contribution >= 0.6 is 22.9 Å². The Balaban J connectivity index is 1.55. The number of sulfonamides is 1. The quantitative estimate of drug-likeness (QED) is 0.310. The molecular formula is C24H20ClN3O5S2. The van der Waals surface area contributed by atoms with E-state index in [1.54, 1.807) is 47.8 Å². The van der Waals surface area contributed by atoms with E-state index in [0.29, 0.717) is 44.2 Å². The van der Waals surface area contributed by atoms with Gasteiger partial charge in [-0.05, 0) is 48.5 Å². The van der Waals surface area contributed by atoms with Gasteiger partial charge in [0.1, 0.15) is 0 Å². The molecule has 0 aliphatic carbocycles. The van der Waals surface area contributed by atoms with Crippen molar-refractivity contribution in [1.82, 2.24) is 4.98 Å². The Morgan fingerprint density at radius 2 is 1.69 bits per heavy atom. The minimum Gasteiger partial charge on any atom is -0.493 e. The monoisotopic (exact) mass is 529 g/mol. The summed E-state index contributed by atoms with van der Waals surface area (Å²) >= 11 is 7.09. The summed E-state index contributed by atoms with van der Waals surface area (Å²) in [7, 11) is -0.839.